The molecule has 164 valence electrons. The van der Waals surface area contributed by atoms with Crippen molar-refractivity contribution in [1.29, 1.82) is 0 Å². The first-order valence-electron chi connectivity index (χ1n) is 9.39. The molecule has 32 heavy (non-hydrogen) atoms. The summed E-state index contributed by atoms with van der Waals surface area (Å²) in [7, 11) is -4.23. The fraction of sp³-hybridized carbons (Fsp3) is 0.0909. The lowest BCUT2D eigenvalue weighted by Gasteiger charge is -2.27. The number of anilines is 1. The first kappa shape index (κ1) is 21.9. The van der Waals surface area contributed by atoms with Crippen LogP contribution in [0.25, 0.3) is 0 Å². The predicted molar refractivity (Wildman–Crippen MR) is 117 cm³/mol. The number of fused-ring (bicyclic) bond motifs is 1. The summed E-state index contributed by atoms with van der Waals surface area (Å²) in [6, 6.07) is 13.9. The molecule has 1 aliphatic rings. The van der Waals surface area contributed by atoms with Crippen molar-refractivity contribution in [3.05, 3.63) is 94.0 Å². The molecule has 0 bridgehead atoms. The molecule has 1 heterocycles. The summed E-state index contributed by atoms with van der Waals surface area (Å²) in [5, 5.41) is 6.78. The van der Waals surface area contributed by atoms with E-state index in [-0.39, 0.29) is 32.4 Å². The highest BCUT2D eigenvalue weighted by Gasteiger charge is 2.35. The van der Waals surface area contributed by atoms with Crippen LogP contribution >= 0.6 is 11.6 Å². The Hall–Kier alpha value is -3.30. The molecule has 1 amide bonds. The number of amides is 1. The Balaban J connectivity index is 1.73. The van der Waals surface area contributed by atoms with E-state index >= 15 is 0 Å². The van der Waals surface area contributed by atoms with E-state index in [4.69, 9.17) is 11.6 Å². The molecule has 0 aliphatic carbocycles. The smallest absolute Gasteiger partial charge is 0.280 e. The van der Waals surface area contributed by atoms with Crippen molar-refractivity contribution in [2.75, 3.05) is 11.9 Å². The molecule has 1 aliphatic heterocycles. The van der Waals surface area contributed by atoms with Gasteiger partial charge in [-0.25, -0.2) is 8.78 Å². The molecule has 0 aromatic heterocycles. The molecule has 1 N–H and O–H groups in total. The predicted octanol–water partition coefficient (Wildman–Crippen LogP) is 4.32. The van der Waals surface area contributed by atoms with Crippen LogP contribution in [0.4, 0.5) is 14.5 Å². The Bertz CT molecular complexity index is 1380. The van der Waals surface area contributed by atoms with Crippen molar-refractivity contribution < 1.29 is 22.0 Å². The van der Waals surface area contributed by atoms with Crippen molar-refractivity contribution >= 4 is 38.9 Å². The number of carbonyl (C=O) groups is 1. The van der Waals surface area contributed by atoms with Crippen LogP contribution in [-0.2, 0) is 14.8 Å². The number of aryl methyl sites for hydroxylation is 1. The summed E-state index contributed by atoms with van der Waals surface area (Å²) in [6.07, 6.45) is 0. The highest BCUT2D eigenvalue weighted by molar-refractivity contribution is 7.89. The van der Waals surface area contributed by atoms with Crippen LogP contribution < -0.4 is 5.32 Å². The molecule has 0 radical (unpaired) electrons. The number of hydrogen-bond donors (Lipinski definition) is 1. The molecule has 6 nitrogen and oxygen atoms in total. The average molecular weight is 476 g/mol. The van der Waals surface area contributed by atoms with Gasteiger partial charge in [-0.1, -0.05) is 29.8 Å². The van der Waals surface area contributed by atoms with Crippen molar-refractivity contribution in [3.63, 3.8) is 0 Å². The van der Waals surface area contributed by atoms with E-state index in [1.54, 1.807) is 13.0 Å². The van der Waals surface area contributed by atoms with Crippen molar-refractivity contribution in [2.45, 2.75) is 11.8 Å². The summed E-state index contributed by atoms with van der Waals surface area (Å²) in [4.78, 5) is 12.4. The third kappa shape index (κ3) is 4.09. The van der Waals surface area contributed by atoms with Gasteiger partial charge in [-0.15, -0.1) is 0 Å². The molecule has 4 rings (SSSR count). The summed E-state index contributed by atoms with van der Waals surface area (Å²) in [5.74, 6) is -1.87. The Labute approximate surface area is 188 Å². The molecule has 0 saturated carbocycles. The van der Waals surface area contributed by atoms with Gasteiger partial charge < -0.3 is 5.32 Å². The van der Waals surface area contributed by atoms with Gasteiger partial charge in [0.05, 0.1) is 4.90 Å². The second-order valence-electron chi connectivity index (χ2n) is 7.07. The Morgan fingerprint density at radius 3 is 2.50 bits per heavy atom. The minimum absolute atomic E-state index is 0.0182. The maximum absolute atomic E-state index is 14.5. The van der Waals surface area contributed by atoms with Gasteiger partial charge in [0.1, 0.15) is 23.9 Å². The van der Waals surface area contributed by atoms with Crippen LogP contribution in [0.1, 0.15) is 16.7 Å². The average Bonchev–Trinajstić information content (AvgIpc) is 2.73. The van der Waals surface area contributed by atoms with Crippen LogP contribution in [0, 0.1) is 18.6 Å². The normalized spacial score (nSPS) is 14.5. The number of sulfonamides is 1. The SMILES string of the molecule is Cc1ccc(NC(=O)CN2N=C(c3ccccc3F)c3cc(Cl)ccc3S2(=O)=O)cc1F. The van der Waals surface area contributed by atoms with Crippen molar-refractivity contribution in [3.8, 4) is 0 Å². The number of hydrogen-bond acceptors (Lipinski definition) is 4. The second kappa shape index (κ2) is 8.33. The van der Waals surface area contributed by atoms with Gasteiger partial charge in [-0.2, -0.15) is 17.9 Å². The third-order valence-electron chi connectivity index (χ3n) is 4.83. The maximum Gasteiger partial charge on any atom is 0.280 e. The number of rotatable bonds is 4. The number of carbonyl (C=O) groups excluding carboxylic acids is 1. The van der Waals surface area contributed by atoms with Crippen LogP contribution in [0.3, 0.4) is 0 Å². The Morgan fingerprint density at radius 2 is 1.78 bits per heavy atom. The van der Waals surface area contributed by atoms with Gasteiger partial charge >= 0.3 is 0 Å². The first-order chi connectivity index (χ1) is 15.2. The monoisotopic (exact) mass is 475 g/mol. The van der Waals surface area contributed by atoms with Gasteiger partial charge in [0.15, 0.2) is 0 Å². The van der Waals surface area contributed by atoms with Crippen LogP contribution in [-0.4, -0.2) is 31.0 Å². The minimum atomic E-state index is -4.23. The van der Waals surface area contributed by atoms with Crippen molar-refractivity contribution in [2.24, 2.45) is 5.10 Å². The minimum Gasteiger partial charge on any atom is -0.324 e. The summed E-state index contributed by atoms with van der Waals surface area (Å²) < 4.78 is 55.1. The zero-order valence-electron chi connectivity index (χ0n) is 16.6. The topological polar surface area (TPSA) is 78.8 Å². The van der Waals surface area contributed by atoms with Gasteiger partial charge in [-0.05, 0) is 55.0 Å². The van der Waals surface area contributed by atoms with Gasteiger partial charge in [0.2, 0.25) is 5.91 Å². The standard InChI is InChI=1S/C22H16ClF2N3O3S/c1-13-6-8-15(11-19(13)25)26-21(29)12-28-27-22(16-4-2-3-5-18(16)24)17-10-14(23)7-9-20(17)32(28,30)31/h2-11H,12H2,1H3,(H,26,29). The number of hydrazone groups is 1. The zero-order chi connectivity index (χ0) is 23.0. The van der Waals surface area contributed by atoms with E-state index in [2.05, 4.69) is 10.4 Å². The molecule has 3 aromatic carbocycles. The van der Waals surface area contributed by atoms with E-state index in [1.165, 1.54) is 48.5 Å². The number of halogens is 3. The fourth-order valence-electron chi connectivity index (χ4n) is 3.21. The van der Waals surface area contributed by atoms with Crippen molar-refractivity contribution in [1.82, 2.24) is 4.41 Å². The lowest BCUT2D eigenvalue weighted by molar-refractivity contribution is -0.116. The highest BCUT2D eigenvalue weighted by Crippen LogP contribution is 2.31. The van der Waals surface area contributed by atoms with E-state index in [0.717, 1.165) is 6.07 Å². The number of benzene rings is 3. The lowest BCUT2D eigenvalue weighted by atomic mass is 10.0. The lowest BCUT2D eigenvalue weighted by Crippen LogP contribution is -2.38. The molecule has 0 spiro atoms. The largest absolute Gasteiger partial charge is 0.324 e. The van der Waals surface area contributed by atoms with E-state index in [0.29, 0.717) is 9.98 Å². The molecule has 0 saturated heterocycles. The van der Waals surface area contributed by atoms with Crippen LogP contribution in [0.2, 0.25) is 5.02 Å². The van der Waals surface area contributed by atoms with E-state index in [9.17, 15) is 22.0 Å². The summed E-state index contributed by atoms with van der Waals surface area (Å²) in [5.41, 5.74) is 0.760. The third-order valence-corrected chi connectivity index (χ3v) is 6.74. The molecular weight excluding hydrogens is 460 g/mol. The zero-order valence-corrected chi connectivity index (χ0v) is 18.2. The van der Waals surface area contributed by atoms with Gasteiger partial charge in [0.25, 0.3) is 10.0 Å². The van der Waals surface area contributed by atoms with Gasteiger partial charge in [0, 0.05) is 21.8 Å². The Morgan fingerprint density at radius 1 is 1.03 bits per heavy atom. The molecule has 0 unspecified atom stereocenters. The molecule has 0 fully saturated rings. The maximum atomic E-state index is 14.5. The molecule has 3 aromatic rings. The summed E-state index contributed by atoms with van der Waals surface area (Å²) in [6.45, 7) is 0.877. The number of nitrogens with zero attached hydrogens (tertiary/aromatic N) is 2. The van der Waals surface area contributed by atoms with E-state index < -0.39 is 34.1 Å². The second-order valence-corrected chi connectivity index (χ2v) is 9.31. The quantitative estimate of drug-likeness (QED) is 0.610. The van der Waals surface area contributed by atoms with Gasteiger partial charge in [-0.3, -0.25) is 4.79 Å². The fourth-order valence-corrected chi connectivity index (χ4v) is 4.76. The molecule has 0 atom stereocenters. The van der Waals surface area contributed by atoms with E-state index in [1.807, 2.05) is 0 Å². The first-order valence-corrected chi connectivity index (χ1v) is 11.2. The highest BCUT2D eigenvalue weighted by atomic mass is 35.5. The summed E-state index contributed by atoms with van der Waals surface area (Å²) >= 11 is 6.05. The molecular formula is C22H16ClF2N3O3S. The Kier molecular flexibility index (Phi) is 5.70. The van der Waals surface area contributed by atoms with Crippen LogP contribution in [0.15, 0.2) is 70.7 Å². The molecule has 10 heteroatoms. The number of nitrogens with one attached hydrogen (secondary N) is 1. The van der Waals surface area contributed by atoms with Crippen LogP contribution in [0.5, 0.6) is 0 Å².